The van der Waals surface area contributed by atoms with E-state index in [2.05, 4.69) is 36.9 Å². The standard InChI is InChI=1S/C22H13Br2NO5/c1-12-4-2-5-13(8-12)21(26)29-19-14(9-15(23)11-16(19)24)10-17-22(27)30-20(25-17)18-6-3-7-28-18/h2-11H,1H3/b17-10+. The maximum absolute atomic E-state index is 12.7. The minimum absolute atomic E-state index is 0.0549. The minimum atomic E-state index is -0.631. The van der Waals surface area contributed by atoms with Crippen LogP contribution in [0.25, 0.3) is 6.08 Å². The zero-order valence-electron chi connectivity index (χ0n) is 15.5. The van der Waals surface area contributed by atoms with E-state index in [0.29, 0.717) is 21.4 Å². The van der Waals surface area contributed by atoms with Crippen LogP contribution in [-0.2, 0) is 9.53 Å². The summed E-state index contributed by atoms with van der Waals surface area (Å²) in [4.78, 5) is 29.1. The van der Waals surface area contributed by atoms with E-state index in [-0.39, 0.29) is 17.3 Å². The van der Waals surface area contributed by atoms with Gasteiger partial charge in [-0.3, -0.25) is 0 Å². The largest absolute Gasteiger partial charge is 0.459 e. The molecule has 1 aromatic heterocycles. The summed E-state index contributed by atoms with van der Waals surface area (Å²) >= 11 is 6.83. The molecule has 2 aromatic carbocycles. The topological polar surface area (TPSA) is 78.1 Å². The van der Waals surface area contributed by atoms with Gasteiger partial charge in [-0.15, -0.1) is 0 Å². The van der Waals surface area contributed by atoms with Crippen LogP contribution in [0.3, 0.4) is 0 Å². The third-order valence-electron chi connectivity index (χ3n) is 4.13. The molecule has 0 fully saturated rings. The third-order valence-corrected chi connectivity index (χ3v) is 5.18. The number of rotatable bonds is 4. The highest BCUT2D eigenvalue weighted by molar-refractivity contribution is 9.11. The molecule has 30 heavy (non-hydrogen) atoms. The SMILES string of the molecule is Cc1cccc(C(=O)Oc2c(Br)cc(Br)cc2/C=C2/N=C(c3ccco3)OC2=O)c1. The van der Waals surface area contributed by atoms with Gasteiger partial charge in [0.2, 0.25) is 0 Å². The number of carbonyl (C=O) groups is 2. The number of hydrogen-bond acceptors (Lipinski definition) is 6. The van der Waals surface area contributed by atoms with Gasteiger partial charge >= 0.3 is 11.9 Å². The molecular weight excluding hydrogens is 518 g/mol. The molecule has 8 heteroatoms. The Kier molecular flexibility index (Phi) is 5.69. The molecule has 0 bridgehead atoms. The molecule has 0 atom stereocenters. The zero-order valence-corrected chi connectivity index (χ0v) is 18.7. The second-order valence-corrected chi connectivity index (χ2v) is 8.15. The van der Waals surface area contributed by atoms with Gasteiger partial charge in [-0.05, 0) is 65.3 Å². The molecule has 0 spiro atoms. The van der Waals surface area contributed by atoms with Crippen molar-refractivity contribution < 1.29 is 23.5 Å². The lowest BCUT2D eigenvalue weighted by Crippen LogP contribution is -2.10. The van der Waals surface area contributed by atoms with Crippen molar-refractivity contribution in [3.8, 4) is 5.75 Å². The third kappa shape index (κ3) is 4.29. The number of carbonyl (C=O) groups excluding carboxylic acids is 2. The Morgan fingerprint density at radius 1 is 1.13 bits per heavy atom. The second-order valence-electron chi connectivity index (χ2n) is 6.38. The average molecular weight is 531 g/mol. The highest BCUT2D eigenvalue weighted by Crippen LogP contribution is 2.35. The number of hydrogen-bond donors (Lipinski definition) is 0. The number of aliphatic imine (C=N–C) groups is 1. The van der Waals surface area contributed by atoms with Gasteiger partial charge in [0.15, 0.2) is 17.2 Å². The maximum Gasteiger partial charge on any atom is 0.363 e. The molecule has 1 aliphatic heterocycles. The minimum Gasteiger partial charge on any atom is -0.459 e. The van der Waals surface area contributed by atoms with Crippen molar-refractivity contribution in [2.75, 3.05) is 0 Å². The predicted octanol–water partition coefficient (Wildman–Crippen LogP) is 5.68. The van der Waals surface area contributed by atoms with Crippen molar-refractivity contribution in [2.45, 2.75) is 6.92 Å². The van der Waals surface area contributed by atoms with Crippen LogP contribution in [-0.4, -0.2) is 17.8 Å². The van der Waals surface area contributed by atoms with E-state index in [9.17, 15) is 9.59 Å². The van der Waals surface area contributed by atoms with Crippen LogP contribution in [0.5, 0.6) is 5.75 Å². The van der Waals surface area contributed by atoms with Crippen LogP contribution >= 0.6 is 31.9 Å². The lowest BCUT2D eigenvalue weighted by Gasteiger charge is -2.11. The van der Waals surface area contributed by atoms with Crippen molar-refractivity contribution in [3.05, 3.63) is 91.9 Å². The summed E-state index contributed by atoms with van der Waals surface area (Å²) in [6, 6.07) is 13.8. The number of cyclic esters (lactones) is 1. The van der Waals surface area contributed by atoms with Crippen molar-refractivity contribution in [1.82, 2.24) is 0 Å². The van der Waals surface area contributed by atoms with Gasteiger partial charge in [-0.1, -0.05) is 33.6 Å². The van der Waals surface area contributed by atoms with Gasteiger partial charge in [-0.2, -0.15) is 0 Å². The molecular formula is C22H13Br2NO5. The van der Waals surface area contributed by atoms with Crippen LogP contribution in [0.15, 0.2) is 78.8 Å². The number of ether oxygens (including phenoxy) is 2. The summed E-state index contributed by atoms with van der Waals surface area (Å²) in [6.45, 7) is 1.89. The molecule has 0 unspecified atom stereocenters. The predicted molar refractivity (Wildman–Crippen MR) is 117 cm³/mol. The Bertz CT molecular complexity index is 1210. The van der Waals surface area contributed by atoms with Crippen LogP contribution in [0.1, 0.15) is 27.2 Å². The molecule has 4 rings (SSSR count). The van der Waals surface area contributed by atoms with E-state index >= 15 is 0 Å². The van der Waals surface area contributed by atoms with Crippen molar-refractivity contribution in [3.63, 3.8) is 0 Å². The van der Waals surface area contributed by atoms with Crippen molar-refractivity contribution in [2.24, 2.45) is 4.99 Å². The van der Waals surface area contributed by atoms with Gasteiger partial charge in [-0.25, -0.2) is 14.6 Å². The number of nitrogens with zero attached hydrogens (tertiary/aromatic N) is 1. The number of esters is 2. The van der Waals surface area contributed by atoms with Crippen LogP contribution in [0.2, 0.25) is 0 Å². The first-order valence-corrected chi connectivity index (χ1v) is 10.3. The number of benzene rings is 2. The summed E-state index contributed by atoms with van der Waals surface area (Å²) in [5.41, 5.74) is 1.88. The van der Waals surface area contributed by atoms with Crippen molar-refractivity contribution in [1.29, 1.82) is 0 Å². The number of furan rings is 1. The zero-order chi connectivity index (χ0) is 21.3. The Morgan fingerprint density at radius 2 is 1.97 bits per heavy atom. The fraction of sp³-hybridized carbons (Fsp3) is 0.0455. The summed E-state index contributed by atoms with van der Waals surface area (Å²) in [7, 11) is 0. The molecule has 0 saturated heterocycles. The molecule has 6 nitrogen and oxygen atoms in total. The smallest absolute Gasteiger partial charge is 0.363 e. The number of halogens is 2. The first-order chi connectivity index (χ1) is 14.4. The lowest BCUT2D eigenvalue weighted by molar-refractivity contribution is -0.130. The summed E-state index contributed by atoms with van der Waals surface area (Å²) in [5.74, 6) is -0.479. The summed E-state index contributed by atoms with van der Waals surface area (Å²) in [6.07, 6.45) is 2.95. The molecule has 1 aliphatic rings. The van der Waals surface area contributed by atoms with Gasteiger partial charge in [0.25, 0.3) is 5.90 Å². The summed E-state index contributed by atoms with van der Waals surface area (Å²) in [5, 5.41) is 0. The Morgan fingerprint density at radius 3 is 2.70 bits per heavy atom. The van der Waals surface area contributed by atoms with Crippen LogP contribution in [0, 0.1) is 6.92 Å². The van der Waals surface area contributed by atoms with E-state index in [1.807, 2.05) is 13.0 Å². The van der Waals surface area contributed by atoms with Gasteiger partial charge in [0, 0.05) is 10.0 Å². The quantitative estimate of drug-likeness (QED) is 0.246. The molecule has 0 amide bonds. The molecule has 0 radical (unpaired) electrons. The Labute approximate surface area is 188 Å². The van der Waals surface area contributed by atoms with Gasteiger partial charge < -0.3 is 13.9 Å². The first kappa shape index (κ1) is 20.3. The molecule has 0 aliphatic carbocycles. The van der Waals surface area contributed by atoms with E-state index in [0.717, 1.165) is 10.0 Å². The molecule has 3 aromatic rings. The Hall–Kier alpha value is -2.97. The first-order valence-electron chi connectivity index (χ1n) is 8.75. The maximum atomic E-state index is 12.7. The normalized spacial score (nSPS) is 14.6. The lowest BCUT2D eigenvalue weighted by atomic mass is 10.1. The monoisotopic (exact) mass is 529 g/mol. The second kappa shape index (κ2) is 8.41. The van der Waals surface area contributed by atoms with E-state index in [1.54, 1.807) is 42.5 Å². The summed E-state index contributed by atoms with van der Waals surface area (Å²) < 4.78 is 17.3. The molecule has 0 saturated carbocycles. The fourth-order valence-electron chi connectivity index (χ4n) is 2.78. The highest BCUT2D eigenvalue weighted by Gasteiger charge is 2.27. The van der Waals surface area contributed by atoms with Crippen molar-refractivity contribution >= 4 is 55.8 Å². The number of aryl methyl sites for hydroxylation is 1. The van der Waals surface area contributed by atoms with Gasteiger partial charge in [0.05, 0.1) is 16.3 Å². The average Bonchev–Trinajstić information content (AvgIpc) is 3.35. The van der Waals surface area contributed by atoms with Crippen LogP contribution < -0.4 is 4.74 Å². The van der Waals surface area contributed by atoms with E-state index in [4.69, 9.17) is 13.9 Å². The fourth-order valence-corrected chi connectivity index (χ4v) is 4.12. The molecule has 150 valence electrons. The van der Waals surface area contributed by atoms with Gasteiger partial charge in [0.1, 0.15) is 0 Å². The Balaban J connectivity index is 1.71. The van der Waals surface area contributed by atoms with E-state index in [1.165, 1.54) is 12.3 Å². The molecule has 2 heterocycles. The van der Waals surface area contributed by atoms with E-state index < -0.39 is 11.9 Å². The molecule has 0 N–H and O–H groups in total. The van der Waals surface area contributed by atoms with Crippen LogP contribution in [0.4, 0.5) is 0 Å². The highest BCUT2D eigenvalue weighted by atomic mass is 79.9.